The van der Waals surface area contributed by atoms with Gasteiger partial charge in [-0.05, 0) is 10.8 Å². The highest BCUT2D eigenvalue weighted by Crippen LogP contribution is 2.20. The fraction of sp³-hybridized carbons (Fsp3) is 0.222. The van der Waals surface area contributed by atoms with E-state index in [1.807, 2.05) is 0 Å². The summed E-state index contributed by atoms with van der Waals surface area (Å²) in [6, 6.07) is 7.84. The number of hydroxylamine groups is 2. The third-order valence-corrected chi connectivity index (χ3v) is 1.93. The zero-order chi connectivity index (χ0) is 11.5. The first-order valence-corrected chi connectivity index (χ1v) is 4.11. The SMILES string of the molecule is O=C(O)[C@](F)(Cc1ccccc1)N(O)O. The minimum Gasteiger partial charge on any atom is -0.478 e. The molecule has 0 bridgehead atoms. The predicted octanol–water partition coefficient (Wildman–Crippen LogP) is 1.06. The van der Waals surface area contributed by atoms with Crippen molar-refractivity contribution in [3.05, 3.63) is 35.9 Å². The Kier molecular flexibility index (Phi) is 3.35. The van der Waals surface area contributed by atoms with Crippen LogP contribution in [0.3, 0.4) is 0 Å². The van der Waals surface area contributed by atoms with Gasteiger partial charge in [0.25, 0.3) is 0 Å². The summed E-state index contributed by atoms with van der Waals surface area (Å²) in [6.45, 7) is 0. The third kappa shape index (κ3) is 2.50. The predicted molar refractivity (Wildman–Crippen MR) is 47.0 cm³/mol. The zero-order valence-electron chi connectivity index (χ0n) is 7.67. The van der Waals surface area contributed by atoms with Gasteiger partial charge in [0.1, 0.15) is 0 Å². The first kappa shape index (κ1) is 11.6. The van der Waals surface area contributed by atoms with Gasteiger partial charge in [0.2, 0.25) is 0 Å². The van der Waals surface area contributed by atoms with Crippen molar-refractivity contribution >= 4 is 5.97 Å². The Morgan fingerprint density at radius 2 is 1.87 bits per heavy atom. The van der Waals surface area contributed by atoms with Crippen molar-refractivity contribution in [1.29, 1.82) is 0 Å². The fourth-order valence-electron chi connectivity index (χ4n) is 1.10. The maximum Gasteiger partial charge on any atom is 0.362 e. The van der Waals surface area contributed by atoms with Crippen molar-refractivity contribution in [3.8, 4) is 0 Å². The molecule has 0 saturated carbocycles. The van der Waals surface area contributed by atoms with E-state index in [0.717, 1.165) is 0 Å². The van der Waals surface area contributed by atoms with E-state index in [2.05, 4.69) is 0 Å². The summed E-state index contributed by atoms with van der Waals surface area (Å²) in [7, 11) is 0. The molecule has 1 aromatic rings. The second kappa shape index (κ2) is 4.35. The number of carboxylic acid groups (broad SMARTS) is 1. The average molecular weight is 215 g/mol. The summed E-state index contributed by atoms with van der Waals surface area (Å²) < 4.78 is 13.5. The smallest absolute Gasteiger partial charge is 0.362 e. The minimum absolute atomic E-state index is 0.343. The average Bonchev–Trinajstić information content (AvgIpc) is 2.18. The summed E-state index contributed by atoms with van der Waals surface area (Å²) in [6.07, 6.45) is -0.657. The van der Waals surface area contributed by atoms with Crippen molar-refractivity contribution in [2.24, 2.45) is 0 Å². The Morgan fingerprint density at radius 1 is 1.33 bits per heavy atom. The van der Waals surface area contributed by atoms with E-state index in [0.29, 0.717) is 5.56 Å². The molecule has 0 aliphatic heterocycles. The molecule has 1 rings (SSSR count). The largest absolute Gasteiger partial charge is 0.478 e. The highest BCUT2D eigenvalue weighted by Gasteiger charge is 2.45. The molecule has 0 spiro atoms. The second-order valence-electron chi connectivity index (χ2n) is 3.02. The Hall–Kier alpha value is -1.50. The van der Waals surface area contributed by atoms with Gasteiger partial charge >= 0.3 is 11.8 Å². The number of carbonyl (C=O) groups is 1. The van der Waals surface area contributed by atoms with Crippen LogP contribution in [0.4, 0.5) is 4.39 Å². The Balaban J connectivity index is 2.90. The van der Waals surface area contributed by atoms with Gasteiger partial charge in [-0.3, -0.25) is 10.4 Å². The molecule has 0 unspecified atom stereocenters. The normalized spacial score (nSPS) is 14.9. The van der Waals surface area contributed by atoms with Gasteiger partial charge in [-0.2, -0.15) is 0 Å². The monoisotopic (exact) mass is 215 g/mol. The van der Waals surface area contributed by atoms with E-state index in [1.165, 1.54) is 12.1 Å². The van der Waals surface area contributed by atoms with Gasteiger partial charge < -0.3 is 5.11 Å². The quantitative estimate of drug-likeness (QED) is 0.517. The van der Waals surface area contributed by atoms with E-state index in [1.54, 1.807) is 18.2 Å². The first-order chi connectivity index (χ1) is 6.97. The molecule has 0 saturated heterocycles. The standard InChI is InChI=1S/C9H10FNO4/c10-9(8(12)13,11(14)15)6-7-4-2-1-3-5-7/h1-5,14-15H,6H2,(H,12,13)/t9-/m0/s1. The zero-order valence-corrected chi connectivity index (χ0v) is 7.67. The number of rotatable bonds is 4. The van der Waals surface area contributed by atoms with Crippen LogP contribution in [0.1, 0.15) is 5.56 Å². The summed E-state index contributed by atoms with van der Waals surface area (Å²) in [4.78, 5) is 10.5. The number of benzene rings is 1. The summed E-state index contributed by atoms with van der Waals surface area (Å²) in [5.41, 5.74) is 0.343. The first-order valence-electron chi connectivity index (χ1n) is 4.11. The third-order valence-electron chi connectivity index (χ3n) is 1.93. The number of hydrogen-bond donors (Lipinski definition) is 3. The van der Waals surface area contributed by atoms with Crippen LogP contribution in [-0.4, -0.2) is 32.5 Å². The van der Waals surface area contributed by atoms with Gasteiger partial charge in [0.05, 0.1) is 0 Å². The molecule has 0 fully saturated rings. The van der Waals surface area contributed by atoms with Gasteiger partial charge in [0.15, 0.2) is 0 Å². The molecule has 0 amide bonds. The van der Waals surface area contributed by atoms with Gasteiger partial charge in [0, 0.05) is 6.42 Å². The van der Waals surface area contributed by atoms with Crippen molar-refractivity contribution in [2.75, 3.05) is 0 Å². The van der Waals surface area contributed by atoms with Crippen molar-refractivity contribution < 1.29 is 24.7 Å². The Morgan fingerprint density at radius 3 is 2.27 bits per heavy atom. The number of hydrogen-bond acceptors (Lipinski definition) is 4. The molecule has 5 nitrogen and oxygen atoms in total. The summed E-state index contributed by atoms with van der Waals surface area (Å²) in [5.74, 6) is -5.20. The minimum atomic E-state index is -3.23. The van der Waals surface area contributed by atoms with Crippen LogP contribution in [0.25, 0.3) is 0 Å². The maximum absolute atomic E-state index is 13.5. The second-order valence-corrected chi connectivity index (χ2v) is 3.02. The van der Waals surface area contributed by atoms with Crippen LogP contribution < -0.4 is 0 Å². The molecular formula is C9H10FNO4. The van der Waals surface area contributed by atoms with E-state index < -0.39 is 23.4 Å². The van der Waals surface area contributed by atoms with Gasteiger partial charge in [-0.1, -0.05) is 30.3 Å². The van der Waals surface area contributed by atoms with Crippen LogP contribution >= 0.6 is 0 Å². The van der Waals surface area contributed by atoms with Crippen LogP contribution in [0.5, 0.6) is 0 Å². The summed E-state index contributed by atoms with van der Waals surface area (Å²) >= 11 is 0. The number of aliphatic carboxylic acids is 1. The number of alkyl halides is 1. The highest BCUT2D eigenvalue weighted by molar-refractivity contribution is 5.76. The molecule has 6 heteroatoms. The number of halogens is 1. The van der Waals surface area contributed by atoms with Crippen LogP contribution in [0.15, 0.2) is 30.3 Å². The molecule has 82 valence electrons. The molecule has 0 aliphatic carbocycles. The van der Waals surface area contributed by atoms with Crippen LogP contribution in [0, 0.1) is 0 Å². The molecule has 15 heavy (non-hydrogen) atoms. The molecule has 0 heterocycles. The lowest BCUT2D eigenvalue weighted by molar-refractivity contribution is -0.384. The summed E-state index contributed by atoms with van der Waals surface area (Å²) in [5, 5.41) is 24.7. The lowest BCUT2D eigenvalue weighted by Crippen LogP contribution is -2.49. The van der Waals surface area contributed by atoms with Crippen LogP contribution in [0.2, 0.25) is 0 Å². The number of nitrogens with zero attached hydrogens (tertiary/aromatic N) is 1. The Bertz CT molecular complexity index is 343. The van der Waals surface area contributed by atoms with Gasteiger partial charge in [-0.15, -0.1) is 0 Å². The molecule has 0 radical (unpaired) electrons. The molecular weight excluding hydrogens is 205 g/mol. The fourth-order valence-corrected chi connectivity index (χ4v) is 1.10. The van der Waals surface area contributed by atoms with E-state index in [-0.39, 0.29) is 0 Å². The van der Waals surface area contributed by atoms with Crippen molar-refractivity contribution in [1.82, 2.24) is 5.23 Å². The highest BCUT2D eigenvalue weighted by atomic mass is 19.1. The molecule has 1 atom stereocenters. The molecule has 1 aromatic carbocycles. The molecule has 3 N–H and O–H groups in total. The lowest BCUT2D eigenvalue weighted by Gasteiger charge is -2.23. The Labute approximate surface area is 84.9 Å². The van der Waals surface area contributed by atoms with Crippen molar-refractivity contribution in [3.63, 3.8) is 0 Å². The maximum atomic E-state index is 13.5. The molecule has 0 aromatic heterocycles. The topological polar surface area (TPSA) is 81.0 Å². The van der Waals surface area contributed by atoms with E-state index in [9.17, 15) is 9.18 Å². The van der Waals surface area contributed by atoms with E-state index >= 15 is 0 Å². The van der Waals surface area contributed by atoms with Crippen LogP contribution in [-0.2, 0) is 11.2 Å². The lowest BCUT2D eigenvalue weighted by atomic mass is 10.0. The van der Waals surface area contributed by atoms with E-state index in [4.69, 9.17) is 15.5 Å². The molecule has 0 aliphatic rings. The van der Waals surface area contributed by atoms with Crippen molar-refractivity contribution in [2.45, 2.75) is 12.2 Å². The van der Waals surface area contributed by atoms with Gasteiger partial charge in [-0.25, -0.2) is 9.18 Å². The number of carboxylic acids is 1.